The van der Waals surface area contributed by atoms with E-state index in [-0.39, 0.29) is 23.8 Å². The zero-order valence-corrected chi connectivity index (χ0v) is 15.0. The Labute approximate surface area is 151 Å². The Bertz CT molecular complexity index is 826. The zero-order valence-electron chi connectivity index (χ0n) is 15.0. The molecule has 1 aliphatic rings. The Hall–Kier alpha value is -2.70. The zero-order chi connectivity index (χ0) is 18.7. The van der Waals surface area contributed by atoms with Gasteiger partial charge in [-0.25, -0.2) is 9.18 Å². The number of likely N-dealkylation sites (tertiary alicyclic amines) is 1. The fraction of sp³-hybridized carbons (Fsp3) is 0.421. The number of benzene rings is 1. The van der Waals surface area contributed by atoms with E-state index in [1.54, 1.807) is 24.0 Å². The number of amides is 3. The van der Waals surface area contributed by atoms with Crippen molar-refractivity contribution >= 4 is 22.8 Å². The number of carbonyl (C=O) groups excluding carboxylic acids is 2. The minimum Gasteiger partial charge on any atom is -0.349 e. The molecule has 0 spiro atoms. The summed E-state index contributed by atoms with van der Waals surface area (Å²) in [6.07, 6.45) is 1.42. The highest BCUT2D eigenvalue weighted by molar-refractivity contribution is 6.06. The quantitative estimate of drug-likeness (QED) is 0.886. The molecular weight excluding hydrogens is 335 g/mol. The summed E-state index contributed by atoms with van der Waals surface area (Å²) in [5, 5.41) is 6.47. The predicted molar refractivity (Wildman–Crippen MR) is 97.6 cm³/mol. The molecule has 1 fully saturated rings. The van der Waals surface area contributed by atoms with Crippen molar-refractivity contribution in [3.63, 3.8) is 0 Å². The topological polar surface area (TPSA) is 74.3 Å². The van der Waals surface area contributed by atoms with Gasteiger partial charge in [0, 0.05) is 42.8 Å². The number of aromatic nitrogens is 1. The lowest BCUT2D eigenvalue weighted by atomic mass is 10.0. The molecule has 3 amide bonds. The van der Waals surface area contributed by atoms with Crippen LogP contribution in [0, 0.1) is 12.7 Å². The monoisotopic (exact) mass is 358 g/mol. The van der Waals surface area contributed by atoms with E-state index in [1.165, 1.54) is 12.1 Å². The molecule has 0 unspecified atom stereocenters. The summed E-state index contributed by atoms with van der Waals surface area (Å²) >= 11 is 0. The minimum atomic E-state index is -0.375. The van der Waals surface area contributed by atoms with Gasteiger partial charge >= 0.3 is 6.03 Å². The van der Waals surface area contributed by atoms with Crippen molar-refractivity contribution in [2.75, 3.05) is 19.6 Å². The molecule has 0 bridgehead atoms. The first kappa shape index (κ1) is 18.1. The first-order valence-corrected chi connectivity index (χ1v) is 8.88. The van der Waals surface area contributed by atoms with Crippen molar-refractivity contribution in [1.29, 1.82) is 0 Å². The molecule has 2 N–H and O–H groups in total. The van der Waals surface area contributed by atoms with Gasteiger partial charge in [0.2, 0.25) is 0 Å². The summed E-state index contributed by atoms with van der Waals surface area (Å²) in [4.78, 5) is 30.7. The number of rotatable bonds is 3. The van der Waals surface area contributed by atoms with Crippen molar-refractivity contribution < 1.29 is 14.0 Å². The van der Waals surface area contributed by atoms with Gasteiger partial charge in [-0.05, 0) is 44.9 Å². The van der Waals surface area contributed by atoms with Crippen LogP contribution in [0.1, 0.15) is 35.8 Å². The van der Waals surface area contributed by atoms with Gasteiger partial charge < -0.3 is 15.5 Å². The van der Waals surface area contributed by atoms with E-state index in [2.05, 4.69) is 15.6 Å². The number of piperidine rings is 1. The van der Waals surface area contributed by atoms with Crippen LogP contribution in [0.15, 0.2) is 24.3 Å². The number of fused-ring (bicyclic) bond motifs is 1. The van der Waals surface area contributed by atoms with Crippen LogP contribution in [-0.4, -0.2) is 47.5 Å². The van der Waals surface area contributed by atoms with Crippen molar-refractivity contribution in [3.05, 3.63) is 41.3 Å². The fourth-order valence-corrected chi connectivity index (χ4v) is 3.27. The first-order chi connectivity index (χ1) is 12.5. The molecule has 1 saturated heterocycles. The molecule has 1 aliphatic heterocycles. The van der Waals surface area contributed by atoms with Crippen molar-refractivity contribution in [2.24, 2.45) is 0 Å². The lowest BCUT2D eigenvalue weighted by Gasteiger charge is -2.32. The highest BCUT2D eigenvalue weighted by Gasteiger charge is 2.24. The molecule has 2 aromatic rings. The summed E-state index contributed by atoms with van der Waals surface area (Å²) in [6, 6.07) is 5.93. The van der Waals surface area contributed by atoms with E-state index in [9.17, 15) is 14.0 Å². The maximum atomic E-state index is 13.5. The molecule has 3 rings (SSSR count). The third-order valence-corrected chi connectivity index (χ3v) is 4.59. The summed E-state index contributed by atoms with van der Waals surface area (Å²) in [6.45, 7) is 5.49. The number of aryl methyl sites for hydroxylation is 1. The average Bonchev–Trinajstić information content (AvgIpc) is 2.61. The van der Waals surface area contributed by atoms with E-state index in [0.717, 1.165) is 0 Å². The van der Waals surface area contributed by atoms with Gasteiger partial charge in [0.15, 0.2) is 0 Å². The van der Waals surface area contributed by atoms with Crippen molar-refractivity contribution in [3.8, 4) is 0 Å². The number of hydrogen-bond donors (Lipinski definition) is 2. The molecule has 6 nitrogen and oxygen atoms in total. The van der Waals surface area contributed by atoms with Crippen LogP contribution in [0.5, 0.6) is 0 Å². The van der Waals surface area contributed by atoms with Crippen molar-refractivity contribution in [2.45, 2.75) is 32.7 Å². The Morgan fingerprint density at radius 2 is 2.00 bits per heavy atom. The van der Waals surface area contributed by atoms with Crippen LogP contribution >= 0.6 is 0 Å². The molecule has 0 atom stereocenters. The molecule has 7 heteroatoms. The van der Waals surface area contributed by atoms with Gasteiger partial charge in [0.25, 0.3) is 5.91 Å². The Morgan fingerprint density at radius 1 is 1.27 bits per heavy atom. The van der Waals surface area contributed by atoms with Crippen LogP contribution < -0.4 is 10.6 Å². The highest BCUT2D eigenvalue weighted by Crippen LogP contribution is 2.20. The number of hydrogen-bond acceptors (Lipinski definition) is 3. The average molecular weight is 358 g/mol. The van der Waals surface area contributed by atoms with Gasteiger partial charge in [-0.15, -0.1) is 0 Å². The summed E-state index contributed by atoms with van der Waals surface area (Å²) in [5.74, 6) is -0.566. The van der Waals surface area contributed by atoms with E-state index in [1.807, 2.05) is 6.92 Å². The highest BCUT2D eigenvalue weighted by atomic mass is 19.1. The lowest BCUT2D eigenvalue weighted by Crippen LogP contribution is -2.49. The number of nitrogens with zero attached hydrogens (tertiary/aromatic N) is 2. The smallest absolute Gasteiger partial charge is 0.317 e. The maximum Gasteiger partial charge on any atom is 0.317 e. The molecule has 1 aromatic heterocycles. The van der Waals surface area contributed by atoms with Gasteiger partial charge in [-0.2, -0.15) is 0 Å². The molecule has 0 aliphatic carbocycles. The van der Waals surface area contributed by atoms with Gasteiger partial charge in [0.1, 0.15) is 5.82 Å². The number of urea groups is 1. The second kappa shape index (κ2) is 7.68. The molecule has 1 aromatic carbocycles. The third kappa shape index (κ3) is 3.92. The Morgan fingerprint density at radius 3 is 2.69 bits per heavy atom. The SMILES string of the molecule is CCNC(=O)N1CCC(NC(=O)c2cc(C)nc3cc(F)ccc23)CC1. The fourth-order valence-electron chi connectivity index (χ4n) is 3.27. The van der Waals surface area contributed by atoms with E-state index < -0.39 is 0 Å². The van der Waals surface area contributed by atoms with Crippen LogP contribution in [-0.2, 0) is 0 Å². The summed E-state index contributed by atoms with van der Waals surface area (Å²) in [7, 11) is 0. The number of nitrogens with one attached hydrogen (secondary N) is 2. The summed E-state index contributed by atoms with van der Waals surface area (Å²) in [5.41, 5.74) is 1.64. The maximum absolute atomic E-state index is 13.5. The lowest BCUT2D eigenvalue weighted by molar-refractivity contribution is 0.0919. The van der Waals surface area contributed by atoms with E-state index >= 15 is 0 Å². The number of carbonyl (C=O) groups is 2. The normalized spacial score (nSPS) is 15.1. The van der Waals surface area contributed by atoms with Crippen LogP contribution in [0.4, 0.5) is 9.18 Å². The molecule has 26 heavy (non-hydrogen) atoms. The third-order valence-electron chi connectivity index (χ3n) is 4.59. The van der Waals surface area contributed by atoms with Crippen LogP contribution in [0.3, 0.4) is 0 Å². The van der Waals surface area contributed by atoms with Gasteiger partial charge in [-0.1, -0.05) is 0 Å². The Balaban J connectivity index is 1.70. The largest absolute Gasteiger partial charge is 0.349 e. The van der Waals surface area contributed by atoms with Crippen LogP contribution in [0.2, 0.25) is 0 Å². The van der Waals surface area contributed by atoms with Crippen molar-refractivity contribution in [1.82, 2.24) is 20.5 Å². The summed E-state index contributed by atoms with van der Waals surface area (Å²) < 4.78 is 13.5. The predicted octanol–water partition coefficient (Wildman–Crippen LogP) is 2.61. The van der Waals surface area contributed by atoms with Gasteiger partial charge in [0.05, 0.1) is 11.1 Å². The Kier molecular flexibility index (Phi) is 5.35. The molecular formula is C19H23FN4O2. The van der Waals surface area contributed by atoms with E-state index in [4.69, 9.17) is 0 Å². The number of halogens is 1. The molecule has 138 valence electrons. The minimum absolute atomic E-state index is 0.0112. The molecule has 0 radical (unpaired) electrons. The molecule has 0 saturated carbocycles. The number of pyridine rings is 1. The van der Waals surface area contributed by atoms with E-state index in [0.29, 0.717) is 54.6 Å². The second-order valence-corrected chi connectivity index (χ2v) is 6.54. The molecule has 2 heterocycles. The van der Waals surface area contributed by atoms with Crippen LogP contribution in [0.25, 0.3) is 10.9 Å². The second-order valence-electron chi connectivity index (χ2n) is 6.54. The standard InChI is InChI=1S/C19H23FN4O2/c1-3-21-19(26)24-8-6-14(7-9-24)23-18(25)16-10-12(2)22-17-11-13(20)4-5-15(16)17/h4-5,10-11,14H,3,6-9H2,1-2H3,(H,21,26)(H,23,25). The first-order valence-electron chi connectivity index (χ1n) is 8.88. The van der Waals surface area contributed by atoms with Gasteiger partial charge in [-0.3, -0.25) is 9.78 Å².